The number of hydrogen-bond donors (Lipinski definition) is 2. The van der Waals surface area contributed by atoms with E-state index in [4.69, 9.17) is 0 Å². The lowest BCUT2D eigenvalue weighted by Crippen LogP contribution is -2.46. The van der Waals surface area contributed by atoms with Crippen LogP contribution in [0.3, 0.4) is 0 Å². The van der Waals surface area contributed by atoms with Gasteiger partial charge in [-0.3, -0.25) is 0 Å². The first-order chi connectivity index (χ1) is 8.65. The fourth-order valence-corrected chi connectivity index (χ4v) is 2.20. The topological polar surface area (TPSA) is 24.1 Å². The van der Waals surface area contributed by atoms with Crippen LogP contribution in [0.2, 0.25) is 0 Å². The number of rotatable bonds is 5. The predicted octanol–water partition coefficient (Wildman–Crippen LogP) is 3.38. The average molecular weight is 262 g/mol. The summed E-state index contributed by atoms with van der Waals surface area (Å²) in [5, 5.41) is 6.84. The highest BCUT2D eigenvalue weighted by Crippen LogP contribution is 2.24. The van der Waals surface area contributed by atoms with Gasteiger partial charge >= 0.3 is 0 Å². The Morgan fingerprint density at radius 2 is 1.68 bits per heavy atom. The van der Waals surface area contributed by atoms with E-state index in [1.807, 2.05) is 7.05 Å². The van der Waals surface area contributed by atoms with Crippen LogP contribution < -0.4 is 10.6 Å². The van der Waals surface area contributed by atoms with Crippen LogP contribution in [0.1, 0.15) is 51.3 Å². The van der Waals surface area contributed by atoms with E-state index in [1.54, 1.807) is 0 Å². The van der Waals surface area contributed by atoms with Gasteiger partial charge in [-0.25, -0.2) is 0 Å². The fourth-order valence-electron chi connectivity index (χ4n) is 2.20. The molecule has 0 amide bonds. The van der Waals surface area contributed by atoms with Gasteiger partial charge in [-0.2, -0.15) is 0 Å². The van der Waals surface area contributed by atoms with Crippen molar-refractivity contribution in [1.82, 2.24) is 10.6 Å². The summed E-state index contributed by atoms with van der Waals surface area (Å²) < 4.78 is 0. The summed E-state index contributed by atoms with van der Waals surface area (Å²) in [4.78, 5) is 0. The Bertz CT molecular complexity index is 414. The van der Waals surface area contributed by atoms with Crippen LogP contribution >= 0.6 is 0 Å². The smallest absolute Gasteiger partial charge is 0.0252 e. The van der Waals surface area contributed by atoms with Crippen molar-refractivity contribution >= 4 is 0 Å². The lowest BCUT2D eigenvalue weighted by Gasteiger charge is -2.27. The monoisotopic (exact) mass is 262 g/mol. The third-order valence-electron chi connectivity index (χ3n) is 3.58. The molecule has 0 saturated carbocycles. The molecule has 0 bridgehead atoms. The maximum atomic E-state index is 3.61. The summed E-state index contributed by atoms with van der Waals surface area (Å²) in [7, 11) is 1.99. The number of benzene rings is 1. The first kappa shape index (κ1) is 16.2. The average Bonchev–Trinajstić information content (AvgIpc) is 2.26. The molecule has 0 saturated heterocycles. The van der Waals surface area contributed by atoms with Crippen molar-refractivity contribution in [3.05, 3.63) is 34.9 Å². The van der Waals surface area contributed by atoms with Crippen LogP contribution in [-0.2, 0) is 12.0 Å². The zero-order valence-electron chi connectivity index (χ0n) is 13.6. The molecule has 0 radical (unpaired) electrons. The highest BCUT2D eigenvalue weighted by Gasteiger charge is 2.17. The number of nitrogens with one attached hydrogen (secondary N) is 2. The molecule has 1 rings (SSSR count). The normalized spacial score (nSPS) is 12.8. The molecule has 19 heavy (non-hydrogen) atoms. The SMILES string of the molecule is CNCC(C)(C)NCc1ccc(C(C)(C)C)cc1C. The quantitative estimate of drug-likeness (QED) is 0.850. The van der Waals surface area contributed by atoms with Crippen LogP contribution in [-0.4, -0.2) is 19.1 Å². The highest BCUT2D eigenvalue weighted by atomic mass is 15.0. The first-order valence-corrected chi connectivity index (χ1v) is 7.15. The minimum Gasteiger partial charge on any atom is -0.318 e. The molecule has 1 aromatic carbocycles. The van der Waals surface area contributed by atoms with Crippen molar-refractivity contribution in [3.8, 4) is 0 Å². The molecule has 2 N–H and O–H groups in total. The highest BCUT2D eigenvalue weighted by molar-refractivity contribution is 5.34. The summed E-state index contributed by atoms with van der Waals surface area (Å²) in [6.45, 7) is 15.3. The zero-order valence-corrected chi connectivity index (χ0v) is 13.6. The van der Waals surface area contributed by atoms with E-state index in [1.165, 1.54) is 16.7 Å². The molecule has 1 aromatic rings. The van der Waals surface area contributed by atoms with Gasteiger partial charge in [0.25, 0.3) is 0 Å². The van der Waals surface area contributed by atoms with E-state index in [2.05, 4.69) is 70.4 Å². The van der Waals surface area contributed by atoms with Gasteiger partial charge in [-0.1, -0.05) is 39.0 Å². The summed E-state index contributed by atoms with van der Waals surface area (Å²) in [6, 6.07) is 6.84. The molecule has 0 spiro atoms. The number of hydrogen-bond acceptors (Lipinski definition) is 2. The number of likely N-dealkylation sites (N-methyl/N-ethyl adjacent to an activating group) is 1. The Kier molecular flexibility index (Phi) is 5.17. The fraction of sp³-hybridized carbons (Fsp3) is 0.647. The Hall–Kier alpha value is -0.860. The molecule has 0 fully saturated rings. The molecule has 0 heterocycles. The van der Waals surface area contributed by atoms with Gasteiger partial charge in [0.05, 0.1) is 0 Å². The second kappa shape index (κ2) is 6.06. The standard InChI is InChI=1S/C17H30N2/c1-13-10-15(16(2,3)4)9-8-14(13)11-19-17(5,6)12-18-7/h8-10,18-19H,11-12H2,1-7H3. The molecule has 2 heteroatoms. The summed E-state index contributed by atoms with van der Waals surface area (Å²) >= 11 is 0. The van der Waals surface area contributed by atoms with Gasteiger partial charge in [0.1, 0.15) is 0 Å². The van der Waals surface area contributed by atoms with Crippen molar-refractivity contribution in [2.75, 3.05) is 13.6 Å². The summed E-state index contributed by atoms with van der Waals surface area (Å²) in [5.41, 5.74) is 4.51. The van der Waals surface area contributed by atoms with Crippen molar-refractivity contribution in [2.24, 2.45) is 0 Å². The van der Waals surface area contributed by atoms with Gasteiger partial charge in [-0.05, 0) is 49.9 Å². The third-order valence-corrected chi connectivity index (χ3v) is 3.58. The van der Waals surface area contributed by atoms with E-state index in [-0.39, 0.29) is 11.0 Å². The van der Waals surface area contributed by atoms with E-state index >= 15 is 0 Å². The van der Waals surface area contributed by atoms with Crippen LogP contribution in [0.15, 0.2) is 18.2 Å². The molecular formula is C17H30N2. The molecule has 0 aromatic heterocycles. The van der Waals surface area contributed by atoms with Crippen LogP contribution in [0.4, 0.5) is 0 Å². The Balaban J connectivity index is 2.76. The van der Waals surface area contributed by atoms with Crippen molar-refractivity contribution < 1.29 is 0 Å². The maximum absolute atomic E-state index is 3.61. The molecular weight excluding hydrogens is 232 g/mol. The first-order valence-electron chi connectivity index (χ1n) is 7.15. The number of aryl methyl sites for hydroxylation is 1. The van der Waals surface area contributed by atoms with E-state index in [0.717, 1.165) is 13.1 Å². The predicted molar refractivity (Wildman–Crippen MR) is 84.7 cm³/mol. The van der Waals surface area contributed by atoms with Gasteiger partial charge in [0.15, 0.2) is 0 Å². The third kappa shape index (κ3) is 4.96. The Morgan fingerprint density at radius 3 is 2.16 bits per heavy atom. The van der Waals surface area contributed by atoms with E-state index < -0.39 is 0 Å². The molecule has 108 valence electrons. The van der Waals surface area contributed by atoms with Crippen LogP contribution in [0, 0.1) is 6.92 Å². The van der Waals surface area contributed by atoms with Crippen molar-refractivity contribution in [3.63, 3.8) is 0 Å². The van der Waals surface area contributed by atoms with E-state index in [9.17, 15) is 0 Å². The van der Waals surface area contributed by atoms with Gasteiger partial charge in [0, 0.05) is 18.6 Å². The Morgan fingerprint density at radius 1 is 1.05 bits per heavy atom. The summed E-state index contributed by atoms with van der Waals surface area (Å²) in [6.07, 6.45) is 0. The van der Waals surface area contributed by atoms with Gasteiger partial charge in [-0.15, -0.1) is 0 Å². The van der Waals surface area contributed by atoms with E-state index in [0.29, 0.717) is 0 Å². The Labute approximate surface area is 119 Å². The van der Waals surface area contributed by atoms with Crippen molar-refractivity contribution in [2.45, 2.75) is 59.0 Å². The van der Waals surface area contributed by atoms with Crippen LogP contribution in [0.25, 0.3) is 0 Å². The molecule has 0 aliphatic carbocycles. The van der Waals surface area contributed by atoms with Gasteiger partial charge in [0.2, 0.25) is 0 Å². The maximum Gasteiger partial charge on any atom is 0.0252 e. The van der Waals surface area contributed by atoms with Gasteiger partial charge < -0.3 is 10.6 Å². The summed E-state index contributed by atoms with van der Waals surface area (Å²) in [5.74, 6) is 0. The van der Waals surface area contributed by atoms with Crippen LogP contribution in [0.5, 0.6) is 0 Å². The minimum absolute atomic E-state index is 0.115. The molecule has 0 aliphatic rings. The van der Waals surface area contributed by atoms with Crippen molar-refractivity contribution in [1.29, 1.82) is 0 Å². The second-order valence-corrected chi connectivity index (χ2v) is 7.16. The largest absolute Gasteiger partial charge is 0.318 e. The molecule has 0 aliphatic heterocycles. The zero-order chi connectivity index (χ0) is 14.7. The lowest BCUT2D eigenvalue weighted by molar-refractivity contribution is 0.373. The second-order valence-electron chi connectivity index (χ2n) is 7.16. The lowest BCUT2D eigenvalue weighted by atomic mass is 9.85. The molecule has 2 nitrogen and oxygen atoms in total. The minimum atomic E-state index is 0.115. The molecule has 0 atom stereocenters. The molecule has 0 unspecified atom stereocenters.